The Kier molecular flexibility index (Phi) is 6.55. The molecule has 0 bridgehead atoms. The van der Waals surface area contributed by atoms with E-state index in [0.717, 1.165) is 37.6 Å². The lowest BCUT2D eigenvalue weighted by Crippen LogP contribution is -2.24. The molecule has 1 fully saturated rings. The second kappa shape index (κ2) is 9.32. The summed E-state index contributed by atoms with van der Waals surface area (Å²) in [4.78, 5) is 15.0. The maximum atomic E-state index is 12.7. The van der Waals surface area contributed by atoms with Gasteiger partial charge >= 0.3 is 0 Å². The van der Waals surface area contributed by atoms with Crippen LogP contribution in [0.4, 0.5) is 11.6 Å². The molecule has 30 heavy (non-hydrogen) atoms. The highest BCUT2D eigenvalue weighted by molar-refractivity contribution is 8.00. The van der Waals surface area contributed by atoms with Gasteiger partial charge in [-0.15, -0.1) is 10.2 Å². The van der Waals surface area contributed by atoms with Gasteiger partial charge in [0.25, 0.3) is 0 Å². The van der Waals surface area contributed by atoms with E-state index < -0.39 is 5.25 Å². The number of carbonyl (C=O) groups is 1. The fraction of sp³-hybridized carbons (Fsp3) is 0.350. The van der Waals surface area contributed by atoms with E-state index in [9.17, 15) is 4.79 Å². The Morgan fingerprint density at radius 1 is 1.27 bits per heavy atom. The van der Waals surface area contributed by atoms with Crippen molar-refractivity contribution in [3.05, 3.63) is 52.4 Å². The monoisotopic (exact) mass is 465 g/mol. The van der Waals surface area contributed by atoms with Crippen LogP contribution in [0, 0.1) is 0 Å². The van der Waals surface area contributed by atoms with Gasteiger partial charge in [-0.1, -0.05) is 35.0 Å². The molecule has 2 aromatic heterocycles. The third-order valence-electron chi connectivity index (χ3n) is 4.82. The number of benzene rings is 1. The molecular weight excluding hydrogens is 445 g/mol. The quantitative estimate of drug-likeness (QED) is 0.497. The molecule has 0 radical (unpaired) electrons. The normalized spacial score (nSPS) is 14.8. The minimum Gasteiger partial charge on any atom is -0.467 e. The zero-order chi connectivity index (χ0) is 21.1. The highest BCUT2D eigenvalue weighted by Gasteiger charge is 2.25. The number of rotatable bonds is 7. The molecule has 1 aliphatic heterocycles. The van der Waals surface area contributed by atoms with Gasteiger partial charge in [-0.3, -0.25) is 9.36 Å². The van der Waals surface area contributed by atoms with Gasteiger partial charge in [0, 0.05) is 18.1 Å². The number of thioether (sulfide) groups is 1. The summed E-state index contributed by atoms with van der Waals surface area (Å²) < 4.78 is 7.53. The van der Waals surface area contributed by atoms with Gasteiger partial charge in [-0.25, -0.2) is 0 Å². The fourth-order valence-corrected chi connectivity index (χ4v) is 4.55. The number of hydrogen-bond donors (Lipinski definition) is 1. The number of nitrogens with zero attached hydrogens (tertiary/aromatic N) is 4. The standard InChI is InChI=1S/C20H21Cl2N5O2S/c1-13(18(28)23-17-7-6-14(21)11-16(17)22)30-20-25-24-19(26-8-2-3-9-26)27(20)12-15-5-4-10-29-15/h4-7,10-11,13H,2-3,8-9,12H2,1H3,(H,23,28). The van der Waals surface area contributed by atoms with Gasteiger partial charge in [0.2, 0.25) is 11.9 Å². The summed E-state index contributed by atoms with van der Waals surface area (Å²) in [5, 5.41) is 12.8. The second-order valence-electron chi connectivity index (χ2n) is 7.02. The summed E-state index contributed by atoms with van der Waals surface area (Å²) in [5.74, 6) is 1.43. The van der Waals surface area contributed by atoms with Crippen molar-refractivity contribution in [1.29, 1.82) is 0 Å². The minimum absolute atomic E-state index is 0.181. The maximum Gasteiger partial charge on any atom is 0.237 e. The molecule has 3 aromatic rings. The molecule has 3 heterocycles. The zero-order valence-electron chi connectivity index (χ0n) is 16.3. The lowest BCUT2D eigenvalue weighted by atomic mass is 10.3. The SMILES string of the molecule is CC(Sc1nnc(N2CCCC2)n1Cc1ccco1)C(=O)Nc1ccc(Cl)cc1Cl. The van der Waals surface area contributed by atoms with Crippen LogP contribution in [0.3, 0.4) is 0 Å². The number of hydrogen-bond acceptors (Lipinski definition) is 6. The molecule has 0 saturated carbocycles. The highest BCUT2D eigenvalue weighted by atomic mass is 35.5. The first kappa shape index (κ1) is 21.1. The molecule has 0 aliphatic carbocycles. The first-order valence-corrected chi connectivity index (χ1v) is 11.3. The minimum atomic E-state index is -0.414. The Balaban J connectivity index is 1.51. The number of amides is 1. The molecule has 1 aliphatic rings. The average Bonchev–Trinajstić information content (AvgIpc) is 3.47. The lowest BCUT2D eigenvalue weighted by Gasteiger charge is -2.18. The van der Waals surface area contributed by atoms with Crippen LogP contribution in [0.5, 0.6) is 0 Å². The predicted molar refractivity (Wildman–Crippen MR) is 120 cm³/mol. The predicted octanol–water partition coefficient (Wildman–Crippen LogP) is 4.95. The Labute approximate surface area is 188 Å². The summed E-state index contributed by atoms with van der Waals surface area (Å²) in [6.45, 7) is 4.23. The van der Waals surface area contributed by atoms with Gasteiger partial charge in [0.15, 0.2) is 5.16 Å². The van der Waals surface area contributed by atoms with E-state index in [4.69, 9.17) is 27.6 Å². The molecule has 1 atom stereocenters. The number of anilines is 2. The van der Waals surface area contributed by atoms with Crippen LogP contribution in [0.15, 0.2) is 46.2 Å². The third kappa shape index (κ3) is 4.77. The van der Waals surface area contributed by atoms with Crippen LogP contribution >= 0.6 is 35.0 Å². The molecule has 4 rings (SSSR count). The van der Waals surface area contributed by atoms with E-state index >= 15 is 0 Å². The Hall–Kier alpha value is -2.16. The van der Waals surface area contributed by atoms with Crippen LogP contribution in [0.25, 0.3) is 0 Å². The fourth-order valence-electron chi connectivity index (χ4n) is 3.25. The molecule has 10 heteroatoms. The lowest BCUT2D eigenvalue weighted by molar-refractivity contribution is -0.115. The molecule has 1 aromatic carbocycles. The first-order valence-electron chi connectivity index (χ1n) is 9.64. The van der Waals surface area contributed by atoms with E-state index in [1.807, 2.05) is 23.6 Å². The van der Waals surface area contributed by atoms with Gasteiger partial charge in [0.1, 0.15) is 5.76 Å². The van der Waals surface area contributed by atoms with Crippen molar-refractivity contribution >= 4 is 52.5 Å². The highest BCUT2D eigenvalue weighted by Crippen LogP contribution is 2.30. The number of carbonyl (C=O) groups excluding carboxylic acids is 1. The van der Waals surface area contributed by atoms with Gasteiger partial charge < -0.3 is 14.6 Å². The van der Waals surface area contributed by atoms with Gasteiger partial charge in [0.05, 0.1) is 28.8 Å². The maximum absolute atomic E-state index is 12.7. The molecule has 7 nitrogen and oxygen atoms in total. The molecule has 1 N–H and O–H groups in total. The van der Waals surface area contributed by atoms with Crippen molar-refractivity contribution in [3.8, 4) is 0 Å². The van der Waals surface area contributed by atoms with E-state index in [2.05, 4.69) is 20.4 Å². The van der Waals surface area contributed by atoms with Crippen molar-refractivity contribution in [2.45, 2.75) is 36.7 Å². The van der Waals surface area contributed by atoms with E-state index in [1.54, 1.807) is 24.5 Å². The second-order valence-corrected chi connectivity index (χ2v) is 9.17. The van der Waals surface area contributed by atoms with Crippen molar-refractivity contribution in [2.24, 2.45) is 0 Å². The Bertz CT molecular complexity index is 1020. The van der Waals surface area contributed by atoms with Gasteiger partial charge in [-0.05, 0) is 50.1 Å². The smallest absolute Gasteiger partial charge is 0.237 e. The van der Waals surface area contributed by atoms with E-state index in [-0.39, 0.29) is 5.91 Å². The number of nitrogens with one attached hydrogen (secondary N) is 1. The van der Waals surface area contributed by atoms with Crippen LogP contribution in [-0.2, 0) is 11.3 Å². The van der Waals surface area contributed by atoms with Crippen molar-refractivity contribution in [3.63, 3.8) is 0 Å². The molecule has 158 valence electrons. The number of furan rings is 1. The third-order valence-corrected chi connectivity index (χ3v) is 6.45. The zero-order valence-corrected chi connectivity index (χ0v) is 18.7. The average molecular weight is 466 g/mol. The van der Waals surface area contributed by atoms with Crippen LogP contribution in [-0.4, -0.2) is 39.0 Å². The van der Waals surface area contributed by atoms with Crippen LogP contribution < -0.4 is 10.2 Å². The Morgan fingerprint density at radius 2 is 2.07 bits per heavy atom. The first-order chi connectivity index (χ1) is 14.5. The summed E-state index contributed by atoms with van der Waals surface area (Å²) in [6.07, 6.45) is 3.92. The van der Waals surface area contributed by atoms with Gasteiger partial charge in [-0.2, -0.15) is 0 Å². The summed E-state index contributed by atoms with van der Waals surface area (Å²) in [5.41, 5.74) is 0.522. The van der Waals surface area contributed by atoms with Crippen molar-refractivity contribution in [1.82, 2.24) is 14.8 Å². The summed E-state index contributed by atoms with van der Waals surface area (Å²) in [7, 11) is 0. The molecule has 0 spiro atoms. The van der Waals surface area contributed by atoms with Crippen molar-refractivity contribution in [2.75, 3.05) is 23.3 Å². The van der Waals surface area contributed by atoms with E-state index in [1.165, 1.54) is 11.8 Å². The summed E-state index contributed by atoms with van der Waals surface area (Å²) >= 11 is 13.4. The van der Waals surface area contributed by atoms with E-state index in [0.29, 0.717) is 27.4 Å². The largest absolute Gasteiger partial charge is 0.467 e. The van der Waals surface area contributed by atoms with Crippen LogP contribution in [0.2, 0.25) is 10.0 Å². The Morgan fingerprint density at radius 3 is 2.77 bits per heavy atom. The number of aromatic nitrogens is 3. The summed E-state index contributed by atoms with van der Waals surface area (Å²) in [6, 6.07) is 8.74. The molecule has 1 unspecified atom stereocenters. The molecule has 1 saturated heterocycles. The molecule has 1 amide bonds. The van der Waals surface area contributed by atoms with Crippen LogP contribution in [0.1, 0.15) is 25.5 Å². The number of halogens is 2. The topological polar surface area (TPSA) is 76.2 Å². The van der Waals surface area contributed by atoms with Crippen molar-refractivity contribution < 1.29 is 9.21 Å². The molecular formula is C20H21Cl2N5O2S.